The molecule has 0 aliphatic carbocycles. The minimum Gasteiger partial charge on any atom is -0.338 e. The van der Waals surface area contributed by atoms with Crippen molar-refractivity contribution in [3.8, 4) is 11.1 Å². The van der Waals surface area contributed by atoms with Crippen LogP contribution in [0.2, 0.25) is 5.02 Å². The van der Waals surface area contributed by atoms with Gasteiger partial charge in [-0.1, -0.05) is 48.0 Å². The van der Waals surface area contributed by atoms with Crippen molar-refractivity contribution in [1.29, 1.82) is 0 Å². The van der Waals surface area contributed by atoms with Crippen molar-refractivity contribution < 1.29 is 4.79 Å². The molecule has 1 aliphatic heterocycles. The predicted molar refractivity (Wildman–Crippen MR) is 94.8 cm³/mol. The number of halogens is 1. The molecule has 3 rings (SSSR count). The van der Waals surface area contributed by atoms with Crippen molar-refractivity contribution in [2.24, 2.45) is 5.92 Å². The number of likely N-dealkylation sites (tertiary alicyclic amines) is 1. The number of benzene rings is 2. The average molecular weight is 329 g/mol. The van der Waals surface area contributed by atoms with E-state index in [1.165, 1.54) is 0 Å². The van der Waals surface area contributed by atoms with Gasteiger partial charge >= 0.3 is 0 Å². The van der Waals surface area contributed by atoms with Crippen molar-refractivity contribution in [2.45, 2.75) is 6.42 Å². The van der Waals surface area contributed by atoms with Gasteiger partial charge in [-0.2, -0.15) is 0 Å². The van der Waals surface area contributed by atoms with Gasteiger partial charge in [0.2, 0.25) is 0 Å². The Morgan fingerprint density at radius 1 is 1.22 bits per heavy atom. The summed E-state index contributed by atoms with van der Waals surface area (Å²) in [6.45, 7) is 2.55. The van der Waals surface area contributed by atoms with Crippen LogP contribution < -0.4 is 5.32 Å². The van der Waals surface area contributed by atoms with Crippen LogP contribution >= 0.6 is 11.6 Å². The zero-order chi connectivity index (χ0) is 16.2. The third-order valence-electron chi connectivity index (χ3n) is 4.37. The van der Waals surface area contributed by atoms with Crippen LogP contribution in [0.3, 0.4) is 0 Å². The molecule has 2 aromatic carbocycles. The first-order valence-electron chi connectivity index (χ1n) is 7.98. The monoisotopic (exact) mass is 328 g/mol. The fourth-order valence-corrected chi connectivity index (χ4v) is 3.34. The molecular weight excluding hydrogens is 308 g/mol. The van der Waals surface area contributed by atoms with Gasteiger partial charge in [-0.25, -0.2) is 0 Å². The van der Waals surface area contributed by atoms with Crippen molar-refractivity contribution in [3.63, 3.8) is 0 Å². The number of hydrogen-bond donors (Lipinski definition) is 1. The first-order valence-corrected chi connectivity index (χ1v) is 8.35. The van der Waals surface area contributed by atoms with Gasteiger partial charge in [0, 0.05) is 13.1 Å². The molecular formula is C19H21ClN2O. The van der Waals surface area contributed by atoms with E-state index >= 15 is 0 Å². The van der Waals surface area contributed by atoms with Crippen LogP contribution in [0.5, 0.6) is 0 Å². The summed E-state index contributed by atoms with van der Waals surface area (Å²) in [4.78, 5) is 14.7. The van der Waals surface area contributed by atoms with E-state index in [2.05, 4.69) is 5.32 Å². The lowest BCUT2D eigenvalue weighted by molar-refractivity contribution is 0.0787. The highest BCUT2D eigenvalue weighted by Crippen LogP contribution is 2.27. The Morgan fingerprint density at radius 2 is 2.00 bits per heavy atom. The molecule has 3 nitrogen and oxygen atoms in total. The van der Waals surface area contributed by atoms with Gasteiger partial charge in [0.25, 0.3) is 5.91 Å². The van der Waals surface area contributed by atoms with Crippen LogP contribution in [-0.2, 0) is 0 Å². The van der Waals surface area contributed by atoms with Gasteiger partial charge in [-0.3, -0.25) is 4.79 Å². The fourth-order valence-electron chi connectivity index (χ4n) is 3.14. The second-order valence-electron chi connectivity index (χ2n) is 6.02. The second kappa shape index (κ2) is 7.16. The molecule has 0 unspecified atom stereocenters. The Kier molecular flexibility index (Phi) is 4.99. The summed E-state index contributed by atoms with van der Waals surface area (Å²) in [6.07, 6.45) is 1.04. The lowest BCUT2D eigenvalue weighted by Gasteiger charge is -2.18. The Morgan fingerprint density at radius 3 is 2.74 bits per heavy atom. The summed E-state index contributed by atoms with van der Waals surface area (Å²) in [7, 11) is 1.95. The van der Waals surface area contributed by atoms with Gasteiger partial charge in [-0.15, -0.1) is 0 Å². The van der Waals surface area contributed by atoms with Crippen LogP contribution in [0.1, 0.15) is 16.8 Å². The van der Waals surface area contributed by atoms with Gasteiger partial charge in [0.15, 0.2) is 0 Å². The first kappa shape index (κ1) is 16.0. The van der Waals surface area contributed by atoms with Crippen molar-refractivity contribution in [3.05, 3.63) is 59.1 Å². The highest BCUT2D eigenvalue weighted by Gasteiger charge is 2.27. The summed E-state index contributed by atoms with van der Waals surface area (Å²) in [6, 6.07) is 15.7. The van der Waals surface area contributed by atoms with E-state index in [4.69, 9.17) is 11.6 Å². The van der Waals surface area contributed by atoms with Crippen molar-refractivity contribution >= 4 is 17.5 Å². The number of rotatable bonds is 4. The van der Waals surface area contributed by atoms with Crippen LogP contribution in [-0.4, -0.2) is 37.5 Å². The zero-order valence-corrected chi connectivity index (χ0v) is 14.0. The molecule has 0 radical (unpaired) electrons. The number of carbonyl (C=O) groups excluding carboxylic acids is 1. The highest BCUT2D eigenvalue weighted by atomic mass is 35.5. The Hall–Kier alpha value is -1.84. The molecule has 1 amide bonds. The number of hydrogen-bond acceptors (Lipinski definition) is 2. The number of nitrogens with one attached hydrogen (secondary N) is 1. The third kappa shape index (κ3) is 3.57. The zero-order valence-electron chi connectivity index (χ0n) is 13.3. The van der Waals surface area contributed by atoms with Crippen LogP contribution in [0.25, 0.3) is 11.1 Å². The first-order chi connectivity index (χ1) is 11.2. The molecule has 1 atom stereocenters. The van der Waals surface area contributed by atoms with E-state index in [1.807, 2.05) is 60.5 Å². The minimum atomic E-state index is 0.0337. The fraction of sp³-hybridized carbons (Fsp3) is 0.316. The molecule has 2 aromatic rings. The number of nitrogens with zero attached hydrogens (tertiary/aromatic N) is 1. The molecule has 1 heterocycles. The van der Waals surface area contributed by atoms with Gasteiger partial charge in [0.1, 0.15) is 0 Å². The molecule has 1 fully saturated rings. The number of carbonyl (C=O) groups is 1. The molecule has 0 spiro atoms. The molecule has 23 heavy (non-hydrogen) atoms. The Balaban J connectivity index is 1.83. The van der Waals surface area contributed by atoms with Gasteiger partial charge in [0.05, 0.1) is 10.6 Å². The molecule has 0 aromatic heterocycles. The molecule has 120 valence electrons. The van der Waals surface area contributed by atoms with Crippen LogP contribution in [0.4, 0.5) is 0 Å². The van der Waals surface area contributed by atoms with E-state index in [9.17, 15) is 4.79 Å². The van der Waals surface area contributed by atoms with E-state index in [-0.39, 0.29) is 5.91 Å². The quantitative estimate of drug-likeness (QED) is 0.928. The Labute approximate surface area is 142 Å². The summed E-state index contributed by atoms with van der Waals surface area (Å²) >= 11 is 6.29. The lowest BCUT2D eigenvalue weighted by atomic mass is 10.0. The van der Waals surface area contributed by atoms with Crippen LogP contribution in [0, 0.1) is 5.92 Å². The highest BCUT2D eigenvalue weighted by molar-refractivity contribution is 6.34. The third-order valence-corrected chi connectivity index (χ3v) is 4.70. The van der Waals surface area contributed by atoms with Crippen LogP contribution in [0.15, 0.2) is 48.5 Å². The van der Waals surface area contributed by atoms with Crippen molar-refractivity contribution in [2.75, 3.05) is 26.7 Å². The molecule has 1 N–H and O–H groups in total. The summed E-state index contributed by atoms with van der Waals surface area (Å²) in [5.41, 5.74) is 2.70. The normalized spacial score (nSPS) is 17.5. The average Bonchev–Trinajstić information content (AvgIpc) is 3.04. The van der Waals surface area contributed by atoms with E-state index in [0.29, 0.717) is 16.5 Å². The van der Waals surface area contributed by atoms with E-state index in [1.54, 1.807) is 0 Å². The lowest BCUT2D eigenvalue weighted by Crippen LogP contribution is -2.30. The molecule has 0 saturated carbocycles. The summed E-state index contributed by atoms with van der Waals surface area (Å²) < 4.78 is 0. The van der Waals surface area contributed by atoms with Crippen molar-refractivity contribution in [1.82, 2.24) is 10.2 Å². The Bertz CT molecular complexity index is 687. The molecule has 1 aliphatic rings. The van der Waals surface area contributed by atoms with Gasteiger partial charge < -0.3 is 10.2 Å². The minimum absolute atomic E-state index is 0.0337. The second-order valence-corrected chi connectivity index (χ2v) is 6.43. The maximum absolute atomic E-state index is 12.8. The molecule has 1 saturated heterocycles. The predicted octanol–water partition coefficient (Wildman–Crippen LogP) is 3.69. The number of amides is 1. The van der Waals surface area contributed by atoms with E-state index < -0.39 is 0 Å². The molecule has 0 bridgehead atoms. The summed E-state index contributed by atoms with van der Waals surface area (Å²) in [5, 5.41) is 3.71. The maximum atomic E-state index is 12.8. The molecule has 4 heteroatoms. The largest absolute Gasteiger partial charge is 0.338 e. The van der Waals surface area contributed by atoms with Gasteiger partial charge in [-0.05, 0) is 49.2 Å². The standard InChI is InChI=1S/C19H21ClN2O/c1-21-12-14-9-10-22(13-14)19(23)17-11-16(7-8-18(17)20)15-5-3-2-4-6-15/h2-8,11,14,21H,9-10,12-13H2,1H3/t14-/m0/s1. The maximum Gasteiger partial charge on any atom is 0.255 e. The summed E-state index contributed by atoms with van der Waals surface area (Å²) in [5.74, 6) is 0.561. The topological polar surface area (TPSA) is 32.3 Å². The smallest absolute Gasteiger partial charge is 0.255 e. The SMILES string of the molecule is CNC[C@@H]1CCN(C(=O)c2cc(-c3ccccc3)ccc2Cl)C1. The van der Waals surface area contributed by atoms with E-state index in [0.717, 1.165) is 37.2 Å².